The van der Waals surface area contributed by atoms with Gasteiger partial charge in [0.05, 0.1) is 0 Å². The van der Waals surface area contributed by atoms with Gasteiger partial charge >= 0.3 is 0 Å². The second-order valence-corrected chi connectivity index (χ2v) is 6.56. The molecule has 1 N–H and O–H groups in total. The monoisotopic (exact) mass is 228 g/mol. The summed E-state index contributed by atoms with van der Waals surface area (Å²) < 4.78 is 3.51. The summed E-state index contributed by atoms with van der Waals surface area (Å²) in [4.78, 5) is 2.58. The third-order valence-electron chi connectivity index (χ3n) is 3.80. The molecular weight excluding hydrogens is 204 g/mol. The van der Waals surface area contributed by atoms with Gasteiger partial charge in [-0.15, -0.1) is 0 Å². The Morgan fingerprint density at radius 3 is 2.80 bits per heavy atom. The maximum absolute atomic E-state index is 3.51. The van der Waals surface area contributed by atoms with E-state index in [0.29, 0.717) is 6.04 Å². The largest absolute Gasteiger partial charge is 0.303 e. The molecule has 0 aromatic rings. The van der Waals surface area contributed by atoms with Crippen molar-refractivity contribution in [2.45, 2.75) is 56.9 Å². The zero-order chi connectivity index (χ0) is 10.8. The summed E-state index contributed by atoms with van der Waals surface area (Å²) in [6.45, 7) is 5.77. The van der Waals surface area contributed by atoms with E-state index >= 15 is 0 Å². The molecule has 0 aromatic heterocycles. The predicted octanol–water partition coefficient (Wildman–Crippen LogP) is 2.51. The fraction of sp³-hybridized carbons (Fsp3) is 1.00. The predicted molar refractivity (Wildman–Crippen MR) is 68.0 cm³/mol. The van der Waals surface area contributed by atoms with Crippen molar-refractivity contribution in [1.82, 2.24) is 9.62 Å². The van der Waals surface area contributed by atoms with E-state index < -0.39 is 0 Å². The highest BCUT2D eigenvalue weighted by atomic mass is 32.2. The summed E-state index contributed by atoms with van der Waals surface area (Å²) in [6.07, 6.45) is 5.70. The lowest BCUT2D eigenvalue weighted by molar-refractivity contribution is 0.218. The Labute approximate surface area is 98.3 Å². The molecule has 2 nitrogen and oxygen atoms in total. The molecule has 1 saturated heterocycles. The Bertz CT molecular complexity index is 208. The summed E-state index contributed by atoms with van der Waals surface area (Å²) in [5.41, 5.74) is 0. The highest BCUT2D eigenvalue weighted by Crippen LogP contribution is 2.38. The molecule has 0 aromatic carbocycles. The van der Waals surface area contributed by atoms with Crippen LogP contribution in [0, 0.1) is 5.92 Å². The molecular formula is C12H24N2S. The standard InChI is InChI=1S/C12H24N2S/c1-9(2)13-15-11-5-4-10-6-7-14(3)12(10)8-11/h9-13H,4-8H2,1-3H3. The van der Waals surface area contributed by atoms with Crippen LogP contribution in [0.3, 0.4) is 0 Å². The van der Waals surface area contributed by atoms with Gasteiger partial charge in [0, 0.05) is 17.3 Å². The van der Waals surface area contributed by atoms with E-state index in [4.69, 9.17) is 0 Å². The van der Waals surface area contributed by atoms with Crippen LogP contribution in [0.25, 0.3) is 0 Å². The van der Waals surface area contributed by atoms with Crippen molar-refractivity contribution in [2.24, 2.45) is 5.92 Å². The van der Waals surface area contributed by atoms with Gasteiger partial charge in [-0.25, -0.2) is 0 Å². The van der Waals surface area contributed by atoms with Gasteiger partial charge in [-0.2, -0.15) is 0 Å². The molecule has 0 radical (unpaired) electrons. The molecule has 88 valence electrons. The highest BCUT2D eigenvalue weighted by molar-refractivity contribution is 7.98. The van der Waals surface area contributed by atoms with Gasteiger partial charge in [0.1, 0.15) is 0 Å². The van der Waals surface area contributed by atoms with E-state index in [9.17, 15) is 0 Å². The van der Waals surface area contributed by atoms with Crippen molar-refractivity contribution in [2.75, 3.05) is 13.6 Å². The maximum atomic E-state index is 3.51. The average molecular weight is 228 g/mol. The summed E-state index contributed by atoms with van der Waals surface area (Å²) in [5.74, 6) is 1.01. The quantitative estimate of drug-likeness (QED) is 0.747. The summed E-state index contributed by atoms with van der Waals surface area (Å²) in [5, 5.41) is 0.842. The first-order valence-corrected chi connectivity index (χ1v) is 7.16. The van der Waals surface area contributed by atoms with Crippen LogP contribution in [-0.4, -0.2) is 35.8 Å². The molecule has 3 heteroatoms. The molecule has 1 saturated carbocycles. The number of nitrogens with zero attached hydrogens (tertiary/aromatic N) is 1. The van der Waals surface area contributed by atoms with Crippen molar-refractivity contribution in [3.63, 3.8) is 0 Å². The van der Waals surface area contributed by atoms with Crippen LogP contribution in [0.15, 0.2) is 0 Å². The zero-order valence-electron chi connectivity index (χ0n) is 10.2. The fourth-order valence-electron chi connectivity index (χ4n) is 2.92. The Morgan fingerprint density at radius 1 is 1.27 bits per heavy atom. The molecule has 2 fully saturated rings. The van der Waals surface area contributed by atoms with Gasteiger partial charge in [0.2, 0.25) is 0 Å². The van der Waals surface area contributed by atoms with Crippen molar-refractivity contribution in [3.05, 3.63) is 0 Å². The van der Waals surface area contributed by atoms with Crippen LogP contribution >= 0.6 is 11.9 Å². The summed E-state index contributed by atoms with van der Waals surface area (Å²) >= 11 is 1.98. The van der Waals surface area contributed by atoms with Crippen LogP contribution in [0.5, 0.6) is 0 Å². The Hall–Kier alpha value is 0.270. The van der Waals surface area contributed by atoms with Crippen LogP contribution in [0.4, 0.5) is 0 Å². The fourth-order valence-corrected chi connectivity index (χ4v) is 3.94. The van der Waals surface area contributed by atoms with Crippen LogP contribution < -0.4 is 4.72 Å². The Morgan fingerprint density at radius 2 is 2.07 bits per heavy atom. The molecule has 0 amide bonds. The number of nitrogens with one attached hydrogen (secondary N) is 1. The molecule has 3 atom stereocenters. The third kappa shape index (κ3) is 2.89. The van der Waals surface area contributed by atoms with Crippen molar-refractivity contribution < 1.29 is 0 Å². The highest BCUT2D eigenvalue weighted by Gasteiger charge is 2.37. The molecule has 1 aliphatic carbocycles. The maximum Gasteiger partial charge on any atom is 0.0208 e. The van der Waals surface area contributed by atoms with E-state index in [2.05, 4.69) is 30.5 Å². The first-order chi connectivity index (χ1) is 7.16. The van der Waals surface area contributed by atoms with Crippen LogP contribution in [-0.2, 0) is 0 Å². The van der Waals surface area contributed by atoms with Crippen molar-refractivity contribution in [3.8, 4) is 0 Å². The lowest BCUT2D eigenvalue weighted by atomic mass is 9.85. The van der Waals surface area contributed by atoms with Crippen molar-refractivity contribution in [1.29, 1.82) is 0 Å². The van der Waals surface area contributed by atoms with Gasteiger partial charge in [-0.1, -0.05) is 11.9 Å². The molecule has 0 spiro atoms. The zero-order valence-corrected chi connectivity index (χ0v) is 11.0. The van der Waals surface area contributed by atoms with Gasteiger partial charge in [-0.3, -0.25) is 4.72 Å². The van der Waals surface area contributed by atoms with Gasteiger partial charge in [0.25, 0.3) is 0 Å². The topological polar surface area (TPSA) is 15.3 Å². The minimum Gasteiger partial charge on any atom is -0.303 e. The summed E-state index contributed by atoms with van der Waals surface area (Å²) in [7, 11) is 2.30. The molecule has 3 unspecified atom stereocenters. The second kappa shape index (κ2) is 5.07. The molecule has 15 heavy (non-hydrogen) atoms. The lowest BCUT2D eigenvalue weighted by Gasteiger charge is -2.34. The van der Waals surface area contributed by atoms with Gasteiger partial charge in [-0.05, 0) is 59.0 Å². The lowest BCUT2D eigenvalue weighted by Crippen LogP contribution is -2.37. The average Bonchev–Trinajstić information content (AvgIpc) is 2.57. The SMILES string of the molecule is CC(C)NSC1CCC2CCN(C)C2C1. The number of likely N-dealkylation sites (tertiary alicyclic amines) is 1. The number of rotatable bonds is 3. The number of fused-ring (bicyclic) bond motifs is 1. The van der Waals surface area contributed by atoms with E-state index in [0.717, 1.165) is 17.2 Å². The van der Waals surface area contributed by atoms with E-state index in [-0.39, 0.29) is 0 Å². The normalized spacial score (nSPS) is 37.2. The molecule has 0 bridgehead atoms. The van der Waals surface area contributed by atoms with Gasteiger partial charge < -0.3 is 4.90 Å². The van der Waals surface area contributed by atoms with E-state index in [1.165, 1.54) is 32.2 Å². The minimum absolute atomic E-state index is 0.606. The minimum atomic E-state index is 0.606. The molecule has 1 aliphatic heterocycles. The molecule has 2 aliphatic rings. The van der Waals surface area contributed by atoms with Crippen LogP contribution in [0.1, 0.15) is 39.5 Å². The molecule has 2 rings (SSSR count). The van der Waals surface area contributed by atoms with E-state index in [1.807, 2.05) is 11.9 Å². The third-order valence-corrected chi connectivity index (χ3v) is 5.17. The Kier molecular flexibility index (Phi) is 3.97. The van der Waals surface area contributed by atoms with Crippen LogP contribution in [0.2, 0.25) is 0 Å². The first kappa shape index (κ1) is 11.7. The second-order valence-electron chi connectivity index (χ2n) is 5.42. The molecule has 1 heterocycles. The number of hydrogen-bond acceptors (Lipinski definition) is 3. The Balaban J connectivity index is 1.80. The van der Waals surface area contributed by atoms with Crippen molar-refractivity contribution >= 4 is 11.9 Å². The first-order valence-electron chi connectivity index (χ1n) is 6.28. The smallest absolute Gasteiger partial charge is 0.0208 e. The van der Waals surface area contributed by atoms with Gasteiger partial charge in [0.15, 0.2) is 0 Å². The number of hydrogen-bond donors (Lipinski definition) is 1. The summed E-state index contributed by atoms with van der Waals surface area (Å²) in [6, 6.07) is 1.49. The van der Waals surface area contributed by atoms with E-state index in [1.54, 1.807) is 0 Å².